The molecule has 1 N–H and O–H groups in total. The van der Waals surface area contributed by atoms with Gasteiger partial charge in [0.1, 0.15) is 12.6 Å². The number of aryl methyl sites for hydroxylation is 2. The van der Waals surface area contributed by atoms with Crippen LogP contribution in [0.2, 0.25) is 5.02 Å². The summed E-state index contributed by atoms with van der Waals surface area (Å²) in [5, 5.41) is 3.24. The molecule has 0 spiro atoms. The van der Waals surface area contributed by atoms with E-state index in [0.29, 0.717) is 22.8 Å². The van der Waals surface area contributed by atoms with Crippen molar-refractivity contribution in [1.29, 1.82) is 0 Å². The van der Waals surface area contributed by atoms with Gasteiger partial charge in [0.2, 0.25) is 11.8 Å². The highest BCUT2D eigenvalue weighted by Crippen LogP contribution is 2.28. The second-order valence-corrected chi connectivity index (χ2v) is 11.5. The number of rotatable bonds is 11. The summed E-state index contributed by atoms with van der Waals surface area (Å²) in [6, 6.07) is 19.7. The fourth-order valence-corrected chi connectivity index (χ4v) is 5.56. The zero-order chi connectivity index (χ0) is 27.9. The normalized spacial score (nSPS) is 12.0. The second kappa shape index (κ2) is 12.9. The molecular formula is C29H34ClN3O4S. The second-order valence-electron chi connectivity index (χ2n) is 9.23. The number of nitrogens with zero attached hydrogens (tertiary/aromatic N) is 2. The van der Waals surface area contributed by atoms with Gasteiger partial charge in [-0.25, -0.2) is 8.42 Å². The van der Waals surface area contributed by atoms with E-state index in [1.807, 2.05) is 38.1 Å². The van der Waals surface area contributed by atoms with E-state index in [1.165, 1.54) is 29.2 Å². The maximum atomic E-state index is 13.9. The van der Waals surface area contributed by atoms with Crippen LogP contribution in [0.25, 0.3) is 0 Å². The molecule has 3 rings (SSSR count). The molecule has 2 amide bonds. The van der Waals surface area contributed by atoms with E-state index in [2.05, 4.69) is 5.32 Å². The largest absolute Gasteiger partial charge is 0.354 e. The third-order valence-electron chi connectivity index (χ3n) is 6.25. The average Bonchev–Trinajstić information content (AvgIpc) is 2.90. The first kappa shape index (κ1) is 29.2. The number of sulfonamides is 1. The van der Waals surface area contributed by atoms with Crippen LogP contribution in [0, 0.1) is 13.8 Å². The van der Waals surface area contributed by atoms with Crippen LogP contribution < -0.4 is 9.62 Å². The molecule has 0 saturated heterocycles. The van der Waals surface area contributed by atoms with Crippen molar-refractivity contribution in [3.05, 3.63) is 94.5 Å². The minimum atomic E-state index is -4.13. The lowest BCUT2D eigenvalue weighted by atomic mass is 10.1. The zero-order valence-corrected chi connectivity index (χ0v) is 23.7. The Balaban J connectivity index is 2.02. The quantitative estimate of drug-likeness (QED) is 0.357. The summed E-state index contributed by atoms with van der Waals surface area (Å²) < 4.78 is 28.8. The summed E-state index contributed by atoms with van der Waals surface area (Å²) >= 11 is 5.99. The van der Waals surface area contributed by atoms with Gasteiger partial charge in [-0.3, -0.25) is 13.9 Å². The van der Waals surface area contributed by atoms with E-state index in [1.54, 1.807) is 38.1 Å². The number of nitrogens with one attached hydrogen (secondary N) is 1. The molecule has 0 aliphatic carbocycles. The van der Waals surface area contributed by atoms with Crippen LogP contribution in [0.5, 0.6) is 0 Å². The van der Waals surface area contributed by atoms with Gasteiger partial charge in [0.15, 0.2) is 0 Å². The number of hydrogen-bond acceptors (Lipinski definition) is 4. The number of carbonyl (C=O) groups excluding carboxylic acids is 2. The first-order valence-electron chi connectivity index (χ1n) is 12.5. The third-order valence-corrected chi connectivity index (χ3v) is 8.28. The molecule has 3 aromatic rings. The monoisotopic (exact) mass is 555 g/mol. The van der Waals surface area contributed by atoms with Crippen LogP contribution in [0.4, 0.5) is 5.69 Å². The molecule has 3 aromatic carbocycles. The number of anilines is 1. The van der Waals surface area contributed by atoms with Gasteiger partial charge in [0, 0.05) is 18.1 Å². The van der Waals surface area contributed by atoms with Gasteiger partial charge >= 0.3 is 0 Å². The summed E-state index contributed by atoms with van der Waals surface area (Å²) in [5.41, 5.74) is 2.98. The number of para-hydroxylation sites is 1. The first-order chi connectivity index (χ1) is 18.0. The Bertz CT molecular complexity index is 1360. The Morgan fingerprint density at radius 1 is 0.947 bits per heavy atom. The van der Waals surface area contributed by atoms with Crippen molar-refractivity contribution in [3.63, 3.8) is 0 Å². The fourth-order valence-electron chi connectivity index (χ4n) is 3.96. The maximum Gasteiger partial charge on any atom is 0.264 e. The van der Waals surface area contributed by atoms with Crippen LogP contribution in [0.3, 0.4) is 0 Å². The smallest absolute Gasteiger partial charge is 0.264 e. The molecule has 7 nitrogen and oxygen atoms in total. The van der Waals surface area contributed by atoms with E-state index in [4.69, 9.17) is 11.6 Å². The highest BCUT2D eigenvalue weighted by molar-refractivity contribution is 7.92. The standard InChI is InChI=1S/C29H34ClN3O4S/c1-5-18-31-29(35)23(4)32(19-24-12-10-21(2)11-13-24)28(34)20-33(27-9-7-6-8-22(27)3)38(36,37)26-16-14-25(30)15-17-26/h6-17,23H,5,18-20H2,1-4H3,(H,31,35). The SMILES string of the molecule is CCCNC(=O)C(C)N(Cc1ccc(C)cc1)C(=O)CN(c1ccccc1C)S(=O)(=O)c1ccc(Cl)cc1. The van der Waals surface area contributed by atoms with Crippen molar-refractivity contribution in [3.8, 4) is 0 Å². The molecular weight excluding hydrogens is 522 g/mol. The predicted octanol–water partition coefficient (Wildman–Crippen LogP) is 5.10. The van der Waals surface area contributed by atoms with Crippen LogP contribution in [-0.2, 0) is 26.2 Å². The van der Waals surface area contributed by atoms with Crippen molar-refractivity contribution in [2.75, 3.05) is 17.4 Å². The van der Waals surface area contributed by atoms with Gasteiger partial charge in [-0.1, -0.05) is 66.6 Å². The molecule has 0 fully saturated rings. The number of benzene rings is 3. The van der Waals surface area contributed by atoms with Crippen molar-refractivity contribution < 1.29 is 18.0 Å². The molecule has 0 aliphatic rings. The Morgan fingerprint density at radius 3 is 2.18 bits per heavy atom. The summed E-state index contributed by atoms with van der Waals surface area (Å²) in [6.45, 7) is 7.51. The highest BCUT2D eigenvalue weighted by Gasteiger charge is 2.33. The zero-order valence-electron chi connectivity index (χ0n) is 22.1. The maximum absolute atomic E-state index is 13.9. The van der Waals surface area contributed by atoms with Crippen LogP contribution in [-0.4, -0.2) is 44.3 Å². The lowest BCUT2D eigenvalue weighted by Crippen LogP contribution is -2.51. The molecule has 0 bridgehead atoms. The van der Waals surface area contributed by atoms with E-state index in [-0.39, 0.29) is 17.3 Å². The number of hydrogen-bond donors (Lipinski definition) is 1. The molecule has 1 atom stereocenters. The molecule has 9 heteroatoms. The number of carbonyl (C=O) groups is 2. The highest BCUT2D eigenvalue weighted by atomic mass is 35.5. The van der Waals surface area contributed by atoms with E-state index < -0.39 is 28.5 Å². The summed E-state index contributed by atoms with van der Waals surface area (Å²) in [7, 11) is -4.13. The van der Waals surface area contributed by atoms with Crippen molar-refractivity contribution in [1.82, 2.24) is 10.2 Å². The third kappa shape index (κ3) is 7.14. The van der Waals surface area contributed by atoms with Crippen molar-refractivity contribution in [2.24, 2.45) is 0 Å². The van der Waals surface area contributed by atoms with Crippen molar-refractivity contribution >= 4 is 39.1 Å². The first-order valence-corrected chi connectivity index (χ1v) is 14.3. The number of amides is 2. The van der Waals surface area contributed by atoms with Gasteiger partial charge in [-0.2, -0.15) is 0 Å². The lowest BCUT2D eigenvalue weighted by Gasteiger charge is -2.32. The molecule has 0 aliphatic heterocycles. The summed E-state index contributed by atoms with van der Waals surface area (Å²) in [4.78, 5) is 28.2. The van der Waals surface area contributed by atoms with E-state index in [9.17, 15) is 18.0 Å². The van der Waals surface area contributed by atoms with Gasteiger partial charge in [0.05, 0.1) is 10.6 Å². The predicted molar refractivity (Wildman–Crippen MR) is 152 cm³/mol. The molecule has 0 heterocycles. The molecule has 0 saturated carbocycles. The number of halogens is 1. The molecule has 0 aromatic heterocycles. The minimum Gasteiger partial charge on any atom is -0.354 e. The minimum absolute atomic E-state index is 0.0109. The van der Waals surface area contributed by atoms with Crippen LogP contribution in [0.15, 0.2) is 77.7 Å². The van der Waals surface area contributed by atoms with Crippen molar-refractivity contribution in [2.45, 2.75) is 51.6 Å². The van der Waals surface area contributed by atoms with Gasteiger partial charge < -0.3 is 10.2 Å². The molecule has 1 unspecified atom stereocenters. The van der Waals surface area contributed by atoms with Gasteiger partial charge in [0.25, 0.3) is 10.0 Å². The summed E-state index contributed by atoms with van der Waals surface area (Å²) in [6.07, 6.45) is 0.755. The van der Waals surface area contributed by atoms with E-state index >= 15 is 0 Å². The summed E-state index contributed by atoms with van der Waals surface area (Å²) in [5.74, 6) is -0.791. The molecule has 0 radical (unpaired) electrons. The lowest BCUT2D eigenvalue weighted by molar-refractivity contribution is -0.139. The average molecular weight is 556 g/mol. The Hall–Kier alpha value is -3.36. The van der Waals surface area contributed by atoms with E-state index in [0.717, 1.165) is 21.9 Å². The van der Waals surface area contributed by atoms with Crippen LogP contribution in [0.1, 0.15) is 37.0 Å². The molecule has 202 valence electrons. The Kier molecular flexibility index (Phi) is 9.94. The fraction of sp³-hybridized carbons (Fsp3) is 0.310. The van der Waals surface area contributed by atoms with Gasteiger partial charge in [-0.15, -0.1) is 0 Å². The Morgan fingerprint density at radius 2 is 1.58 bits per heavy atom. The van der Waals surface area contributed by atoms with Gasteiger partial charge in [-0.05, 0) is 68.7 Å². The molecule has 38 heavy (non-hydrogen) atoms. The van der Waals surface area contributed by atoms with Crippen LogP contribution >= 0.6 is 11.6 Å². The Labute approximate surface area is 230 Å². The topological polar surface area (TPSA) is 86.8 Å².